The Balaban J connectivity index is 2.59. The normalized spacial score (nSPS) is 33.2. The third-order valence-corrected chi connectivity index (χ3v) is 18.2. The zero-order valence-electron chi connectivity index (χ0n) is 23.1. The van der Waals surface area contributed by atoms with Gasteiger partial charge in [-0.15, -0.1) is 0 Å². The summed E-state index contributed by atoms with van der Waals surface area (Å²) in [6.07, 6.45) is 1.79. The quantitative estimate of drug-likeness (QED) is 0.241. The van der Waals surface area contributed by atoms with Gasteiger partial charge >= 0.3 is 5.97 Å². The van der Waals surface area contributed by atoms with Gasteiger partial charge in [0, 0.05) is 24.2 Å². The van der Waals surface area contributed by atoms with Gasteiger partial charge in [0.25, 0.3) is 0 Å². The summed E-state index contributed by atoms with van der Waals surface area (Å²) in [5, 5.41) is 0.0346. The molecule has 2 rings (SSSR count). The topological polar surface area (TPSA) is 71.1 Å². The van der Waals surface area contributed by atoms with Crippen LogP contribution < -0.4 is 0 Å². The van der Waals surface area contributed by atoms with Crippen LogP contribution in [0, 0.1) is 11.3 Å². The fourth-order valence-corrected chi connectivity index (χ4v) is 7.84. The van der Waals surface area contributed by atoms with E-state index in [1.54, 1.807) is 0 Å². The number of aldehydes is 1. The zero-order chi connectivity index (χ0) is 25.7. The number of fused-ring (bicyclic) bond motifs is 1. The molecule has 0 aromatic rings. The summed E-state index contributed by atoms with van der Waals surface area (Å²) in [6.45, 7) is 24.8. The lowest BCUT2D eigenvalue weighted by atomic mass is 9.54. The molecule has 5 atom stereocenters. The zero-order valence-corrected chi connectivity index (χ0v) is 25.1. The number of carbonyl (C=O) groups is 2. The first kappa shape index (κ1) is 28.7. The molecule has 1 heterocycles. The number of rotatable bonds is 8. The molecule has 8 heteroatoms. The molecule has 2 aliphatic rings. The lowest BCUT2D eigenvalue weighted by Crippen LogP contribution is -2.76. The SMILES string of the molecule is COC(=O)C[C@H]1[C@](C)(CC=O)[C@@H](O[Si](C)(C)C(C)(C)C)C[C@H]2OC[C@]21O[Si](C)(C)C(C)(C)C. The van der Waals surface area contributed by atoms with Gasteiger partial charge in [-0.1, -0.05) is 48.5 Å². The highest BCUT2D eigenvalue weighted by Gasteiger charge is 2.68. The Morgan fingerprint density at radius 3 is 2.00 bits per heavy atom. The van der Waals surface area contributed by atoms with Gasteiger partial charge in [0.1, 0.15) is 11.9 Å². The second-order valence-electron chi connectivity index (χ2n) is 13.4. The van der Waals surface area contributed by atoms with E-state index in [1.165, 1.54) is 7.11 Å². The Morgan fingerprint density at radius 1 is 1.06 bits per heavy atom. The molecular formula is C25H48O6Si2. The summed E-state index contributed by atoms with van der Waals surface area (Å²) in [5.74, 6) is -0.520. The molecule has 0 N–H and O–H groups in total. The van der Waals surface area contributed by atoms with Crippen molar-refractivity contribution >= 4 is 28.9 Å². The maximum absolute atomic E-state index is 12.7. The Labute approximate surface area is 203 Å². The number of methoxy groups -OCH3 is 1. The molecule has 1 saturated heterocycles. The van der Waals surface area contributed by atoms with Gasteiger partial charge in [-0.05, 0) is 36.3 Å². The lowest BCUT2D eigenvalue weighted by Gasteiger charge is -2.66. The predicted octanol–water partition coefficient (Wildman–Crippen LogP) is 5.71. The maximum atomic E-state index is 12.7. The summed E-state index contributed by atoms with van der Waals surface area (Å²) in [7, 11) is -2.91. The molecule has 1 saturated carbocycles. The van der Waals surface area contributed by atoms with Crippen molar-refractivity contribution in [3.8, 4) is 0 Å². The van der Waals surface area contributed by atoms with Crippen molar-refractivity contribution in [2.75, 3.05) is 13.7 Å². The Hall–Kier alpha value is -0.546. The van der Waals surface area contributed by atoms with Gasteiger partial charge in [0.2, 0.25) is 0 Å². The minimum absolute atomic E-state index is 0.00720. The molecule has 0 unspecified atom stereocenters. The van der Waals surface area contributed by atoms with Gasteiger partial charge < -0.3 is 23.1 Å². The average Bonchev–Trinajstić information content (AvgIpc) is 2.63. The molecule has 0 amide bonds. The van der Waals surface area contributed by atoms with Crippen molar-refractivity contribution in [2.45, 2.75) is 122 Å². The number of carbonyl (C=O) groups excluding carboxylic acids is 2. The minimum atomic E-state index is -2.20. The molecule has 0 aromatic heterocycles. The lowest BCUT2D eigenvalue weighted by molar-refractivity contribution is -0.309. The summed E-state index contributed by atoms with van der Waals surface area (Å²) in [6, 6.07) is 0. The van der Waals surface area contributed by atoms with Crippen LogP contribution in [-0.2, 0) is 27.9 Å². The summed E-state index contributed by atoms with van der Waals surface area (Å²) in [5.41, 5.74) is -1.17. The Morgan fingerprint density at radius 2 is 1.61 bits per heavy atom. The van der Waals surface area contributed by atoms with Crippen LogP contribution in [-0.4, -0.2) is 60.4 Å². The number of hydrogen-bond acceptors (Lipinski definition) is 6. The molecule has 0 aromatic carbocycles. The summed E-state index contributed by atoms with van der Waals surface area (Å²) >= 11 is 0. The van der Waals surface area contributed by atoms with Gasteiger partial charge in [-0.3, -0.25) is 4.79 Å². The van der Waals surface area contributed by atoms with E-state index in [1.807, 2.05) is 0 Å². The van der Waals surface area contributed by atoms with Crippen LogP contribution in [0.2, 0.25) is 36.3 Å². The van der Waals surface area contributed by atoms with Gasteiger partial charge in [-0.25, -0.2) is 0 Å². The van der Waals surface area contributed by atoms with Crippen molar-refractivity contribution in [2.24, 2.45) is 11.3 Å². The Kier molecular flexibility index (Phi) is 7.96. The summed E-state index contributed by atoms with van der Waals surface area (Å²) in [4.78, 5) is 24.7. The highest BCUT2D eigenvalue weighted by atomic mass is 28.4. The van der Waals surface area contributed by atoms with E-state index < -0.39 is 27.7 Å². The van der Waals surface area contributed by atoms with E-state index >= 15 is 0 Å². The standard InChI is InChI=1S/C25H48O6Si2/c1-22(2,3)32(9,10)30-19-16-20-25(17-29-20,31-33(11,12)23(4,5)6)18(15-21(27)28-8)24(19,7)13-14-26/h14,18-20H,13,15-17H2,1-12H3/t18-,19-,20+,24-,25+/m0/s1. The monoisotopic (exact) mass is 500 g/mol. The highest BCUT2D eigenvalue weighted by molar-refractivity contribution is 6.74. The third-order valence-electron chi connectivity index (χ3n) is 9.22. The van der Waals surface area contributed by atoms with Gasteiger partial charge in [-0.2, -0.15) is 0 Å². The van der Waals surface area contributed by atoms with Crippen LogP contribution in [0.1, 0.15) is 67.7 Å². The van der Waals surface area contributed by atoms with E-state index in [0.717, 1.165) is 6.29 Å². The van der Waals surface area contributed by atoms with Crippen LogP contribution in [0.25, 0.3) is 0 Å². The van der Waals surface area contributed by atoms with Crippen molar-refractivity contribution in [3.63, 3.8) is 0 Å². The van der Waals surface area contributed by atoms with E-state index in [4.69, 9.17) is 18.3 Å². The smallest absolute Gasteiger partial charge is 0.305 e. The first-order valence-corrected chi connectivity index (χ1v) is 18.1. The first-order valence-electron chi connectivity index (χ1n) is 12.3. The van der Waals surface area contributed by atoms with Crippen molar-refractivity contribution < 1.29 is 27.9 Å². The highest BCUT2D eigenvalue weighted by Crippen LogP contribution is 2.60. The molecule has 192 valence electrons. The molecule has 6 nitrogen and oxygen atoms in total. The van der Waals surface area contributed by atoms with Crippen molar-refractivity contribution in [3.05, 3.63) is 0 Å². The fourth-order valence-electron chi connectivity index (χ4n) is 4.82. The van der Waals surface area contributed by atoms with Gasteiger partial charge in [0.15, 0.2) is 16.6 Å². The van der Waals surface area contributed by atoms with Crippen LogP contribution in [0.3, 0.4) is 0 Å². The van der Waals surface area contributed by atoms with Crippen LogP contribution in [0.4, 0.5) is 0 Å². The third kappa shape index (κ3) is 5.20. The molecule has 2 fully saturated rings. The van der Waals surface area contributed by atoms with Gasteiger partial charge in [0.05, 0.1) is 32.3 Å². The number of esters is 1. The first-order chi connectivity index (χ1) is 14.8. The average molecular weight is 501 g/mol. The van der Waals surface area contributed by atoms with E-state index in [0.29, 0.717) is 19.4 Å². The Bertz CT molecular complexity index is 738. The second-order valence-corrected chi connectivity index (χ2v) is 22.9. The van der Waals surface area contributed by atoms with E-state index in [2.05, 4.69) is 74.7 Å². The van der Waals surface area contributed by atoms with Crippen LogP contribution in [0.15, 0.2) is 0 Å². The molecule has 0 spiro atoms. The minimum Gasteiger partial charge on any atom is -0.469 e. The molecule has 1 aliphatic heterocycles. The number of ether oxygens (including phenoxy) is 2. The van der Waals surface area contributed by atoms with Crippen molar-refractivity contribution in [1.29, 1.82) is 0 Å². The number of hydrogen-bond donors (Lipinski definition) is 0. The molecule has 1 aliphatic carbocycles. The maximum Gasteiger partial charge on any atom is 0.305 e. The molecule has 33 heavy (non-hydrogen) atoms. The molecular weight excluding hydrogens is 452 g/mol. The largest absolute Gasteiger partial charge is 0.469 e. The van der Waals surface area contributed by atoms with E-state index in [9.17, 15) is 9.59 Å². The van der Waals surface area contributed by atoms with E-state index in [-0.39, 0.29) is 40.6 Å². The fraction of sp³-hybridized carbons (Fsp3) is 0.920. The molecule has 0 radical (unpaired) electrons. The van der Waals surface area contributed by atoms with Crippen LogP contribution >= 0.6 is 0 Å². The summed E-state index contributed by atoms with van der Waals surface area (Å²) < 4.78 is 25.3. The van der Waals surface area contributed by atoms with Crippen LogP contribution in [0.5, 0.6) is 0 Å². The second kappa shape index (κ2) is 9.15. The molecule has 0 bridgehead atoms. The predicted molar refractivity (Wildman–Crippen MR) is 136 cm³/mol. The van der Waals surface area contributed by atoms with Crippen molar-refractivity contribution in [1.82, 2.24) is 0 Å².